The lowest BCUT2D eigenvalue weighted by atomic mass is 10.1. The van der Waals surface area contributed by atoms with Crippen molar-refractivity contribution in [2.24, 2.45) is 5.41 Å². The van der Waals surface area contributed by atoms with Gasteiger partial charge in [0.25, 0.3) is 0 Å². The van der Waals surface area contributed by atoms with E-state index in [1.165, 1.54) is 0 Å². The summed E-state index contributed by atoms with van der Waals surface area (Å²) in [5, 5.41) is 2.98. The molecule has 0 radical (unpaired) electrons. The Bertz CT molecular complexity index is 587. The standard InChI is InChI=1S/C14H16N4O/c1-14(3-4-14)13(19)17-9-11-2-5-16-12(8-11)18-7-6-15-10-18/h2,5-8,10H,3-4,9H2,1H3,(H,17,19). The molecule has 3 rings (SSSR count). The van der Waals surface area contributed by atoms with E-state index in [2.05, 4.69) is 15.3 Å². The maximum atomic E-state index is 11.9. The van der Waals surface area contributed by atoms with Crippen molar-refractivity contribution < 1.29 is 4.79 Å². The summed E-state index contributed by atoms with van der Waals surface area (Å²) in [6, 6.07) is 3.87. The van der Waals surface area contributed by atoms with Gasteiger partial charge in [-0.25, -0.2) is 9.97 Å². The lowest BCUT2D eigenvalue weighted by Crippen LogP contribution is -2.29. The van der Waals surface area contributed by atoms with Crippen LogP contribution in [0.2, 0.25) is 0 Å². The summed E-state index contributed by atoms with van der Waals surface area (Å²) >= 11 is 0. The molecule has 0 spiro atoms. The number of hydrogen-bond donors (Lipinski definition) is 1. The third-order valence-corrected chi connectivity index (χ3v) is 3.58. The number of carbonyl (C=O) groups excluding carboxylic acids is 1. The summed E-state index contributed by atoms with van der Waals surface area (Å²) in [7, 11) is 0. The van der Waals surface area contributed by atoms with Gasteiger partial charge in [-0.3, -0.25) is 9.36 Å². The van der Waals surface area contributed by atoms with Crippen LogP contribution >= 0.6 is 0 Å². The zero-order chi connectivity index (χ0) is 13.3. The summed E-state index contributed by atoms with van der Waals surface area (Å²) in [6.45, 7) is 2.55. The number of imidazole rings is 1. The minimum absolute atomic E-state index is 0.125. The van der Waals surface area contributed by atoms with Crippen LogP contribution in [0.5, 0.6) is 0 Å². The van der Waals surface area contributed by atoms with Crippen LogP contribution in [0.4, 0.5) is 0 Å². The number of pyridine rings is 1. The molecular weight excluding hydrogens is 240 g/mol. The lowest BCUT2D eigenvalue weighted by Gasteiger charge is -2.10. The maximum Gasteiger partial charge on any atom is 0.226 e. The second-order valence-electron chi connectivity index (χ2n) is 5.24. The van der Waals surface area contributed by atoms with Crippen LogP contribution in [-0.2, 0) is 11.3 Å². The molecule has 0 atom stereocenters. The lowest BCUT2D eigenvalue weighted by molar-refractivity contribution is -0.125. The van der Waals surface area contributed by atoms with Crippen LogP contribution in [-0.4, -0.2) is 20.4 Å². The normalized spacial score (nSPS) is 16.1. The highest BCUT2D eigenvalue weighted by atomic mass is 16.2. The van der Waals surface area contributed by atoms with Gasteiger partial charge in [-0.1, -0.05) is 6.92 Å². The minimum Gasteiger partial charge on any atom is -0.352 e. The van der Waals surface area contributed by atoms with Gasteiger partial charge in [0.1, 0.15) is 12.1 Å². The Morgan fingerprint density at radius 2 is 2.32 bits per heavy atom. The van der Waals surface area contributed by atoms with Gasteiger partial charge in [-0.05, 0) is 30.5 Å². The first-order valence-electron chi connectivity index (χ1n) is 6.39. The molecule has 0 aromatic carbocycles. The average molecular weight is 256 g/mol. The van der Waals surface area contributed by atoms with Crippen LogP contribution < -0.4 is 5.32 Å². The van der Waals surface area contributed by atoms with Crippen LogP contribution in [0.3, 0.4) is 0 Å². The molecule has 0 bridgehead atoms. The molecular formula is C14H16N4O. The van der Waals surface area contributed by atoms with Gasteiger partial charge in [0.05, 0.1) is 0 Å². The van der Waals surface area contributed by atoms with Gasteiger partial charge >= 0.3 is 0 Å². The predicted molar refractivity (Wildman–Crippen MR) is 70.5 cm³/mol. The first kappa shape index (κ1) is 11.9. The van der Waals surface area contributed by atoms with Crippen molar-refractivity contribution in [1.82, 2.24) is 19.9 Å². The Morgan fingerprint density at radius 3 is 3.00 bits per heavy atom. The van der Waals surface area contributed by atoms with E-state index in [1.807, 2.05) is 29.8 Å². The van der Waals surface area contributed by atoms with Gasteiger partial charge in [0, 0.05) is 30.6 Å². The van der Waals surface area contributed by atoms with Crippen LogP contribution in [0.1, 0.15) is 25.3 Å². The molecule has 19 heavy (non-hydrogen) atoms. The van der Waals surface area contributed by atoms with Crippen molar-refractivity contribution in [2.75, 3.05) is 0 Å². The van der Waals surface area contributed by atoms with E-state index in [0.29, 0.717) is 6.54 Å². The number of hydrogen-bond acceptors (Lipinski definition) is 3. The molecule has 0 saturated heterocycles. The van der Waals surface area contributed by atoms with Crippen molar-refractivity contribution in [3.8, 4) is 5.82 Å². The molecule has 1 fully saturated rings. The average Bonchev–Trinajstić information content (AvgIpc) is 2.96. The molecule has 0 aliphatic heterocycles. The molecule has 98 valence electrons. The monoisotopic (exact) mass is 256 g/mol. The number of amides is 1. The fraction of sp³-hybridized carbons (Fsp3) is 0.357. The zero-order valence-corrected chi connectivity index (χ0v) is 10.8. The van der Waals surface area contributed by atoms with Crippen molar-refractivity contribution in [3.63, 3.8) is 0 Å². The first-order chi connectivity index (χ1) is 9.17. The maximum absolute atomic E-state index is 11.9. The molecule has 2 aromatic heterocycles. The highest BCUT2D eigenvalue weighted by Crippen LogP contribution is 2.44. The molecule has 2 aromatic rings. The molecule has 1 N–H and O–H groups in total. The van der Waals surface area contributed by atoms with E-state index < -0.39 is 0 Å². The first-order valence-corrected chi connectivity index (χ1v) is 6.39. The van der Waals surface area contributed by atoms with Crippen molar-refractivity contribution in [3.05, 3.63) is 42.6 Å². The molecule has 1 amide bonds. The van der Waals surface area contributed by atoms with Gasteiger partial charge in [-0.15, -0.1) is 0 Å². The molecule has 1 aliphatic rings. The second kappa shape index (κ2) is 4.50. The Hall–Kier alpha value is -2.17. The SMILES string of the molecule is CC1(C(=O)NCc2ccnc(-n3ccnc3)c2)CC1. The number of nitrogens with zero attached hydrogens (tertiary/aromatic N) is 3. The van der Waals surface area contributed by atoms with Gasteiger partial charge in [-0.2, -0.15) is 0 Å². The van der Waals surface area contributed by atoms with Gasteiger partial charge in [0.15, 0.2) is 0 Å². The smallest absolute Gasteiger partial charge is 0.226 e. The van der Waals surface area contributed by atoms with Crippen LogP contribution in [0.25, 0.3) is 5.82 Å². The van der Waals surface area contributed by atoms with Crippen LogP contribution in [0, 0.1) is 5.41 Å². The van der Waals surface area contributed by atoms with E-state index in [4.69, 9.17) is 0 Å². The van der Waals surface area contributed by atoms with Crippen LogP contribution in [0.15, 0.2) is 37.1 Å². The van der Waals surface area contributed by atoms with Crippen molar-refractivity contribution >= 4 is 5.91 Å². The van der Waals surface area contributed by atoms with Gasteiger partial charge < -0.3 is 5.32 Å². The Balaban J connectivity index is 1.68. The highest BCUT2D eigenvalue weighted by molar-refractivity contribution is 5.84. The summed E-state index contributed by atoms with van der Waals surface area (Å²) in [6.07, 6.45) is 9.00. The highest BCUT2D eigenvalue weighted by Gasteiger charge is 2.44. The van der Waals surface area contributed by atoms with Gasteiger partial charge in [0.2, 0.25) is 5.91 Å². The number of rotatable bonds is 4. The van der Waals surface area contributed by atoms with E-state index in [9.17, 15) is 4.79 Å². The molecule has 5 nitrogen and oxygen atoms in total. The molecule has 2 heterocycles. The fourth-order valence-corrected chi connectivity index (χ4v) is 1.92. The topological polar surface area (TPSA) is 59.8 Å². The number of aromatic nitrogens is 3. The zero-order valence-electron chi connectivity index (χ0n) is 10.8. The summed E-state index contributed by atoms with van der Waals surface area (Å²) in [5.74, 6) is 0.954. The van der Waals surface area contributed by atoms with Crippen molar-refractivity contribution in [1.29, 1.82) is 0 Å². The van der Waals surface area contributed by atoms with Crippen molar-refractivity contribution in [2.45, 2.75) is 26.3 Å². The molecule has 5 heteroatoms. The van der Waals surface area contributed by atoms with E-state index in [1.54, 1.807) is 18.7 Å². The second-order valence-corrected chi connectivity index (χ2v) is 5.24. The summed E-state index contributed by atoms with van der Waals surface area (Å²) in [4.78, 5) is 20.1. The predicted octanol–water partition coefficient (Wildman–Crippen LogP) is 1.68. The Kier molecular flexibility index (Phi) is 2.81. The minimum atomic E-state index is -0.125. The largest absolute Gasteiger partial charge is 0.352 e. The number of carbonyl (C=O) groups is 1. The van der Waals surface area contributed by atoms with E-state index in [0.717, 1.165) is 24.2 Å². The Morgan fingerprint density at radius 1 is 1.47 bits per heavy atom. The summed E-state index contributed by atoms with van der Waals surface area (Å²) in [5.41, 5.74) is 0.913. The number of nitrogens with one attached hydrogen (secondary N) is 1. The molecule has 1 aliphatic carbocycles. The third kappa shape index (κ3) is 2.50. The molecule has 1 saturated carbocycles. The summed E-state index contributed by atoms with van der Waals surface area (Å²) < 4.78 is 1.84. The van der Waals surface area contributed by atoms with E-state index in [-0.39, 0.29) is 11.3 Å². The Labute approximate surface area is 111 Å². The fourth-order valence-electron chi connectivity index (χ4n) is 1.92. The third-order valence-electron chi connectivity index (χ3n) is 3.58. The van der Waals surface area contributed by atoms with E-state index >= 15 is 0 Å². The molecule has 0 unspecified atom stereocenters. The quantitative estimate of drug-likeness (QED) is 0.905.